The minimum atomic E-state index is -0.713. The summed E-state index contributed by atoms with van der Waals surface area (Å²) >= 11 is 0. The van der Waals surface area contributed by atoms with Gasteiger partial charge in [0.25, 0.3) is 0 Å². The van der Waals surface area contributed by atoms with Gasteiger partial charge in [0.05, 0.1) is 25.2 Å². The third kappa shape index (κ3) is 7.31. The van der Waals surface area contributed by atoms with Crippen LogP contribution in [0.2, 0.25) is 0 Å². The van der Waals surface area contributed by atoms with Crippen LogP contribution >= 0.6 is 0 Å². The Kier molecular flexibility index (Phi) is 10.6. The van der Waals surface area contributed by atoms with Gasteiger partial charge in [-0.1, -0.05) is 51.7 Å². The molecular formula is C23H34N2O6. The Hall–Kier alpha value is -3.03. The Bertz CT molecular complexity index is 787. The van der Waals surface area contributed by atoms with Gasteiger partial charge in [0.15, 0.2) is 11.6 Å². The molecule has 0 aliphatic carbocycles. The Morgan fingerprint density at radius 2 is 1.65 bits per heavy atom. The molecule has 0 spiro atoms. The van der Waals surface area contributed by atoms with Crippen molar-refractivity contribution in [3.63, 3.8) is 0 Å². The first-order valence-electron chi connectivity index (χ1n) is 10.5. The third-order valence-corrected chi connectivity index (χ3v) is 5.34. The molecule has 172 valence electrons. The molecule has 0 radical (unpaired) electrons. The van der Waals surface area contributed by atoms with Crippen LogP contribution in [0.3, 0.4) is 0 Å². The maximum absolute atomic E-state index is 11.1. The fourth-order valence-corrected chi connectivity index (χ4v) is 3.04. The monoisotopic (exact) mass is 434 g/mol. The number of aliphatic carboxylic acids is 1. The smallest absolute Gasteiger partial charge is 0.315 e. The van der Waals surface area contributed by atoms with Crippen LogP contribution in [0, 0.1) is 5.41 Å². The van der Waals surface area contributed by atoms with Crippen molar-refractivity contribution in [1.29, 1.82) is 0 Å². The predicted octanol–water partition coefficient (Wildman–Crippen LogP) is 3.67. The van der Waals surface area contributed by atoms with Crippen LogP contribution in [0.1, 0.15) is 64.9 Å². The first kappa shape index (κ1) is 26.0. The predicted molar refractivity (Wildman–Crippen MR) is 118 cm³/mol. The normalized spacial score (nSPS) is 14.5. The zero-order valence-corrected chi connectivity index (χ0v) is 19.0. The van der Waals surface area contributed by atoms with E-state index in [-0.39, 0.29) is 5.82 Å². The lowest BCUT2D eigenvalue weighted by Crippen LogP contribution is -2.26. The largest absolute Gasteiger partial charge is 0.496 e. The summed E-state index contributed by atoms with van der Waals surface area (Å²) < 4.78 is 10.4. The topological polar surface area (TPSA) is 114 Å². The maximum atomic E-state index is 11.1. The number of rotatable bonds is 10. The van der Waals surface area contributed by atoms with Gasteiger partial charge in [-0.25, -0.2) is 0 Å². The van der Waals surface area contributed by atoms with E-state index >= 15 is 0 Å². The molecule has 8 nitrogen and oxygen atoms in total. The molecule has 0 aromatic heterocycles. The Labute approximate surface area is 184 Å². The van der Waals surface area contributed by atoms with Crippen LogP contribution in [0.5, 0.6) is 5.75 Å². The summed E-state index contributed by atoms with van der Waals surface area (Å²) in [5.74, 6) is -0.934. The minimum absolute atomic E-state index is 0.219. The van der Waals surface area contributed by atoms with Gasteiger partial charge in [0.1, 0.15) is 5.75 Å². The van der Waals surface area contributed by atoms with E-state index in [4.69, 9.17) is 14.6 Å². The van der Waals surface area contributed by atoms with Crippen molar-refractivity contribution in [2.75, 3.05) is 14.2 Å². The van der Waals surface area contributed by atoms with Crippen LogP contribution in [-0.2, 0) is 19.1 Å². The first-order chi connectivity index (χ1) is 14.7. The zero-order valence-electron chi connectivity index (χ0n) is 19.0. The molecular weight excluding hydrogens is 400 g/mol. The Balaban J connectivity index is 0.000000330. The molecule has 3 N–H and O–H groups in total. The highest BCUT2D eigenvalue weighted by Crippen LogP contribution is 2.29. The Morgan fingerprint density at radius 1 is 1.03 bits per heavy atom. The van der Waals surface area contributed by atoms with E-state index in [9.17, 15) is 14.4 Å². The molecule has 31 heavy (non-hydrogen) atoms. The van der Waals surface area contributed by atoms with E-state index in [1.807, 2.05) is 19.9 Å². The van der Waals surface area contributed by atoms with Crippen LogP contribution < -0.4 is 15.4 Å². The maximum Gasteiger partial charge on any atom is 0.315 e. The SMILES string of the molecule is CCCCCCC(C)(CC)C(=O)O.COC(=C1NC(=O)C(=O)N1)c1ccccc1OC. The van der Waals surface area contributed by atoms with E-state index in [1.54, 1.807) is 18.2 Å². The number of benzene rings is 1. The number of para-hydroxylation sites is 1. The molecule has 0 bridgehead atoms. The lowest BCUT2D eigenvalue weighted by atomic mass is 9.82. The zero-order chi connectivity index (χ0) is 23.4. The number of unbranched alkanes of at least 4 members (excludes halogenated alkanes) is 3. The van der Waals surface area contributed by atoms with Crippen molar-refractivity contribution in [3.05, 3.63) is 35.6 Å². The van der Waals surface area contributed by atoms with Gasteiger partial charge in [-0.15, -0.1) is 0 Å². The number of carbonyl (C=O) groups is 3. The van der Waals surface area contributed by atoms with Crippen molar-refractivity contribution >= 4 is 23.5 Å². The molecule has 1 unspecified atom stereocenters. The van der Waals surface area contributed by atoms with E-state index < -0.39 is 23.2 Å². The van der Waals surface area contributed by atoms with Gasteiger partial charge in [-0.2, -0.15) is 0 Å². The summed E-state index contributed by atoms with van der Waals surface area (Å²) in [5.41, 5.74) is 0.147. The second-order valence-electron chi connectivity index (χ2n) is 7.55. The fourth-order valence-electron chi connectivity index (χ4n) is 3.04. The van der Waals surface area contributed by atoms with Crippen LogP contribution in [0.4, 0.5) is 0 Å². The summed E-state index contributed by atoms with van der Waals surface area (Å²) in [6.45, 7) is 5.96. The third-order valence-electron chi connectivity index (χ3n) is 5.34. The summed E-state index contributed by atoms with van der Waals surface area (Å²) in [5, 5.41) is 13.8. The fraction of sp³-hybridized carbons (Fsp3) is 0.522. The summed E-state index contributed by atoms with van der Waals surface area (Å²) in [6, 6.07) is 7.14. The first-order valence-corrected chi connectivity index (χ1v) is 10.5. The van der Waals surface area contributed by atoms with E-state index in [2.05, 4.69) is 17.6 Å². The Morgan fingerprint density at radius 3 is 2.13 bits per heavy atom. The minimum Gasteiger partial charge on any atom is -0.496 e. The molecule has 1 atom stereocenters. The number of amides is 2. The highest BCUT2D eigenvalue weighted by atomic mass is 16.5. The summed E-state index contributed by atoms with van der Waals surface area (Å²) in [4.78, 5) is 33.2. The van der Waals surface area contributed by atoms with Gasteiger partial charge < -0.3 is 25.2 Å². The number of methoxy groups -OCH3 is 2. The van der Waals surface area contributed by atoms with Gasteiger partial charge >= 0.3 is 17.8 Å². The molecule has 1 saturated heterocycles. The summed E-state index contributed by atoms with van der Waals surface area (Å²) in [6.07, 6.45) is 6.19. The lowest BCUT2D eigenvalue weighted by molar-refractivity contribution is -0.148. The second kappa shape index (κ2) is 12.6. The molecule has 8 heteroatoms. The number of carbonyl (C=O) groups excluding carboxylic acids is 2. The van der Waals surface area contributed by atoms with Crippen molar-refractivity contribution in [1.82, 2.24) is 10.6 Å². The average Bonchev–Trinajstić information content (AvgIpc) is 3.10. The van der Waals surface area contributed by atoms with Gasteiger partial charge in [0.2, 0.25) is 0 Å². The van der Waals surface area contributed by atoms with Crippen molar-refractivity contribution in [2.24, 2.45) is 5.41 Å². The molecule has 1 aromatic rings. The van der Waals surface area contributed by atoms with Gasteiger partial charge in [-0.3, -0.25) is 14.4 Å². The average molecular weight is 435 g/mol. The molecule has 1 aliphatic rings. The van der Waals surface area contributed by atoms with E-state index in [0.29, 0.717) is 17.1 Å². The van der Waals surface area contributed by atoms with Gasteiger partial charge in [-0.05, 0) is 31.9 Å². The molecule has 2 rings (SSSR count). The van der Waals surface area contributed by atoms with E-state index in [0.717, 1.165) is 19.3 Å². The number of nitrogens with one attached hydrogen (secondary N) is 2. The van der Waals surface area contributed by atoms with E-state index in [1.165, 1.54) is 33.5 Å². The molecule has 1 fully saturated rings. The van der Waals surface area contributed by atoms with Crippen molar-refractivity contribution in [3.8, 4) is 5.75 Å². The van der Waals surface area contributed by atoms with Crippen LogP contribution in [0.15, 0.2) is 30.1 Å². The lowest BCUT2D eigenvalue weighted by Gasteiger charge is -2.22. The molecule has 1 aliphatic heterocycles. The second-order valence-corrected chi connectivity index (χ2v) is 7.55. The molecule has 2 amide bonds. The highest BCUT2D eigenvalue weighted by Gasteiger charge is 2.30. The molecule has 1 aromatic carbocycles. The van der Waals surface area contributed by atoms with Crippen molar-refractivity contribution < 1.29 is 29.0 Å². The van der Waals surface area contributed by atoms with Crippen molar-refractivity contribution in [2.45, 2.75) is 59.3 Å². The number of carboxylic acids is 1. The van der Waals surface area contributed by atoms with Crippen LogP contribution in [0.25, 0.3) is 5.76 Å². The highest BCUT2D eigenvalue weighted by molar-refractivity contribution is 6.38. The number of ether oxygens (including phenoxy) is 2. The standard InChI is InChI=1S/C12H12N2O4.C11H22O2/c1-17-8-6-4-3-5-7(8)9(18-2)10-13-11(15)12(16)14-10;1-4-6-7-8-9-11(3,5-2)10(12)13/h3-6H,1-2H3,(H,13,15)(H,14,16);4-9H2,1-3H3,(H,12,13). The quantitative estimate of drug-likeness (QED) is 0.294. The molecule has 0 saturated carbocycles. The summed E-state index contributed by atoms with van der Waals surface area (Å²) in [7, 11) is 2.98. The number of hydrogen-bond acceptors (Lipinski definition) is 5. The number of carboxylic acid groups (broad SMARTS) is 1. The molecule has 1 heterocycles. The van der Waals surface area contributed by atoms with Crippen LogP contribution in [-0.4, -0.2) is 37.1 Å². The number of hydrogen-bond donors (Lipinski definition) is 3. The van der Waals surface area contributed by atoms with Gasteiger partial charge in [0, 0.05) is 0 Å².